The quantitative estimate of drug-likeness (QED) is 0.798. The van der Waals surface area contributed by atoms with Crippen LogP contribution in [0.3, 0.4) is 0 Å². The average molecular weight is 387 g/mol. The Morgan fingerprint density at radius 2 is 1.93 bits per heavy atom. The largest absolute Gasteiger partial charge is 0.378 e. The molecule has 0 radical (unpaired) electrons. The van der Waals surface area contributed by atoms with Crippen LogP contribution in [0, 0.1) is 5.92 Å². The van der Waals surface area contributed by atoms with E-state index in [9.17, 15) is 9.59 Å². The molecule has 2 amide bonds. The van der Waals surface area contributed by atoms with Gasteiger partial charge in [0.15, 0.2) is 0 Å². The molecule has 2 heterocycles. The van der Waals surface area contributed by atoms with Crippen LogP contribution < -0.4 is 10.6 Å². The summed E-state index contributed by atoms with van der Waals surface area (Å²) < 4.78 is 5.79. The van der Waals surface area contributed by atoms with Gasteiger partial charge < -0.3 is 15.4 Å². The van der Waals surface area contributed by atoms with Crippen molar-refractivity contribution in [2.75, 3.05) is 6.61 Å². The third kappa shape index (κ3) is 5.17. The molecule has 0 bridgehead atoms. The van der Waals surface area contributed by atoms with Gasteiger partial charge in [-0.05, 0) is 35.8 Å². The van der Waals surface area contributed by atoms with E-state index in [-0.39, 0.29) is 24.0 Å². The molecule has 1 aliphatic rings. The second-order valence-electron chi connectivity index (χ2n) is 7.18. The number of hydrogen-bond acceptors (Lipinski definition) is 4. The summed E-state index contributed by atoms with van der Waals surface area (Å²) in [6.45, 7) is 4.90. The lowest BCUT2D eigenvalue weighted by Crippen LogP contribution is -2.48. The van der Waals surface area contributed by atoms with E-state index < -0.39 is 6.04 Å². The van der Waals surface area contributed by atoms with E-state index in [0.717, 1.165) is 18.4 Å². The molecule has 2 N–H and O–H groups in total. The van der Waals surface area contributed by atoms with Gasteiger partial charge >= 0.3 is 0 Å². The third-order valence-electron chi connectivity index (χ3n) is 4.82. The predicted molar refractivity (Wildman–Crippen MR) is 107 cm³/mol. The molecule has 27 heavy (non-hydrogen) atoms. The monoisotopic (exact) mass is 386 g/mol. The Kier molecular flexibility index (Phi) is 6.63. The molecule has 144 valence electrons. The van der Waals surface area contributed by atoms with Gasteiger partial charge in [0.2, 0.25) is 5.91 Å². The Morgan fingerprint density at radius 1 is 1.15 bits per heavy atom. The van der Waals surface area contributed by atoms with Crippen LogP contribution in [0.15, 0.2) is 47.8 Å². The molecule has 6 heteroatoms. The van der Waals surface area contributed by atoms with Gasteiger partial charge in [-0.25, -0.2) is 0 Å². The molecule has 1 fully saturated rings. The fourth-order valence-electron chi connectivity index (χ4n) is 3.26. The van der Waals surface area contributed by atoms with Gasteiger partial charge in [0, 0.05) is 12.6 Å². The van der Waals surface area contributed by atoms with Crippen molar-refractivity contribution in [1.82, 2.24) is 10.6 Å². The van der Waals surface area contributed by atoms with Gasteiger partial charge in [-0.15, -0.1) is 11.3 Å². The molecule has 1 aliphatic heterocycles. The molecule has 1 saturated heterocycles. The molecule has 5 nitrogen and oxygen atoms in total. The summed E-state index contributed by atoms with van der Waals surface area (Å²) in [7, 11) is 0. The number of thiophene rings is 1. The summed E-state index contributed by atoms with van der Waals surface area (Å²) in [6, 6.07) is 12.3. The maximum absolute atomic E-state index is 13.0. The first-order chi connectivity index (χ1) is 13.0. The topological polar surface area (TPSA) is 67.4 Å². The zero-order valence-corrected chi connectivity index (χ0v) is 16.5. The van der Waals surface area contributed by atoms with E-state index in [1.54, 1.807) is 6.07 Å². The number of hydrogen-bond donors (Lipinski definition) is 2. The maximum Gasteiger partial charge on any atom is 0.262 e. The Balaban J connectivity index is 1.72. The van der Waals surface area contributed by atoms with E-state index in [2.05, 4.69) is 24.5 Å². The minimum Gasteiger partial charge on any atom is -0.378 e. The molecular weight excluding hydrogens is 360 g/mol. The molecule has 0 saturated carbocycles. The molecule has 3 rings (SSSR count). The highest BCUT2D eigenvalue weighted by Gasteiger charge is 2.29. The molecule has 3 atom stereocenters. The van der Waals surface area contributed by atoms with Crippen LogP contribution in [0.25, 0.3) is 0 Å². The number of rotatable bonds is 6. The minimum atomic E-state index is -0.721. The summed E-state index contributed by atoms with van der Waals surface area (Å²) in [5.74, 6) is -0.00490. The number of benzene rings is 1. The highest BCUT2D eigenvalue weighted by atomic mass is 32.1. The van der Waals surface area contributed by atoms with Crippen molar-refractivity contribution < 1.29 is 14.3 Å². The summed E-state index contributed by atoms with van der Waals surface area (Å²) in [6.07, 6.45) is 1.74. The summed E-state index contributed by atoms with van der Waals surface area (Å²) >= 11 is 1.36. The van der Waals surface area contributed by atoms with Crippen LogP contribution in [0.4, 0.5) is 0 Å². The van der Waals surface area contributed by atoms with Crippen LogP contribution in [-0.4, -0.2) is 30.6 Å². The molecule has 1 aromatic heterocycles. The van der Waals surface area contributed by atoms with Gasteiger partial charge in [0.05, 0.1) is 11.0 Å². The molecular formula is C21H26N2O3S. The van der Waals surface area contributed by atoms with Gasteiger partial charge in [-0.3, -0.25) is 9.59 Å². The van der Waals surface area contributed by atoms with E-state index in [1.165, 1.54) is 11.3 Å². The Morgan fingerprint density at radius 3 is 2.59 bits per heavy atom. The van der Waals surface area contributed by atoms with Crippen molar-refractivity contribution in [3.05, 3.63) is 58.3 Å². The fourth-order valence-corrected chi connectivity index (χ4v) is 3.89. The fraction of sp³-hybridized carbons (Fsp3) is 0.429. The van der Waals surface area contributed by atoms with Gasteiger partial charge in [0.25, 0.3) is 5.91 Å². The first-order valence-electron chi connectivity index (χ1n) is 9.36. The van der Waals surface area contributed by atoms with Crippen molar-refractivity contribution in [3.63, 3.8) is 0 Å². The average Bonchev–Trinajstić information content (AvgIpc) is 3.21. The molecule has 1 aromatic carbocycles. The van der Waals surface area contributed by atoms with E-state index in [1.807, 2.05) is 41.8 Å². The molecule has 0 aliphatic carbocycles. The van der Waals surface area contributed by atoms with Gasteiger partial charge in [0.1, 0.15) is 6.04 Å². The van der Waals surface area contributed by atoms with Gasteiger partial charge in [-0.2, -0.15) is 0 Å². The summed E-state index contributed by atoms with van der Waals surface area (Å²) in [4.78, 5) is 26.1. The summed E-state index contributed by atoms with van der Waals surface area (Å²) in [5.41, 5.74) is 0.771. The number of ether oxygens (including phenoxy) is 1. The van der Waals surface area contributed by atoms with Crippen molar-refractivity contribution in [2.45, 2.75) is 44.9 Å². The Labute approximate surface area is 164 Å². The second kappa shape index (κ2) is 9.15. The standard InChI is InChI=1S/C21H26N2O3S/c1-14(2)17-13-16(10-11-26-17)22-21(25)19(15-7-4-3-5-8-15)23-20(24)18-9-6-12-27-18/h3-9,12,14,16-17,19H,10-11,13H2,1-2H3,(H,22,25)(H,23,24). The predicted octanol–water partition coefficient (Wildman–Crippen LogP) is 3.54. The van der Waals surface area contributed by atoms with Crippen molar-refractivity contribution in [2.24, 2.45) is 5.92 Å². The molecule has 2 aromatic rings. The Hall–Kier alpha value is -2.18. The van der Waals surface area contributed by atoms with Crippen LogP contribution in [-0.2, 0) is 9.53 Å². The lowest BCUT2D eigenvalue weighted by atomic mass is 9.95. The van der Waals surface area contributed by atoms with Crippen LogP contribution >= 0.6 is 11.3 Å². The van der Waals surface area contributed by atoms with E-state index in [0.29, 0.717) is 17.4 Å². The molecule has 0 spiro atoms. The molecule has 3 unspecified atom stereocenters. The lowest BCUT2D eigenvalue weighted by molar-refractivity contribution is -0.125. The summed E-state index contributed by atoms with van der Waals surface area (Å²) in [5, 5.41) is 7.86. The SMILES string of the molecule is CC(C)C1CC(NC(=O)C(NC(=O)c2cccs2)c2ccccc2)CCO1. The first kappa shape index (κ1) is 19.6. The smallest absolute Gasteiger partial charge is 0.262 e. The normalized spacial score (nSPS) is 20.9. The van der Waals surface area contributed by atoms with Crippen molar-refractivity contribution >= 4 is 23.2 Å². The third-order valence-corrected chi connectivity index (χ3v) is 5.69. The zero-order valence-electron chi connectivity index (χ0n) is 15.7. The number of amides is 2. The maximum atomic E-state index is 13.0. The Bertz CT molecular complexity index is 746. The van der Waals surface area contributed by atoms with E-state index >= 15 is 0 Å². The van der Waals surface area contributed by atoms with Crippen LogP contribution in [0.2, 0.25) is 0 Å². The van der Waals surface area contributed by atoms with Gasteiger partial charge in [-0.1, -0.05) is 50.2 Å². The highest BCUT2D eigenvalue weighted by molar-refractivity contribution is 7.12. The van der Waals surface area contributed by atoms with Crippen molar-refractivity contribution in [1.29, 1.82) is 0 Å². The first-order valence-corrected chi connectivity index (χ1v) is 10.2. The number of carbonyl (C=O) groups excluding carboxylic acids is 2. The zero-order chi connectivity index (χ0) is 19.2. The number of carbonyl (C=O) groups is 2. The second-order valence-corrected chi connectivity index (χ2v) is 8.13. The minimum absolute atomic E-state index is 0.0588. The van der Waals surface area contributed by atoms with Crippen molar-refractivity contribution in [3.8, 4) is 0 Å². The van der Waals surface area contributed by atoms with E-state index in [4.69, 9.17) is 4.74 Å². The lowest BCUT2D eigenvalue weighted by Gasteiger charge is -2.33. The van der Waals surface area contributed by atoms with Crippen LogP contribution in [0.1, 0.15) is 48.0 Å². The van der Waals surface area contributed by atoms with Crippen LogP contribution in [0.5, 0.6) is 0 Å². The highest BCUT2D eigenvalue weighted by Crippen LogP contribution is 2.22. The number of nitrogens with one attached hydrogen (secondary N) is 2.